The zero-order valence-electron chi connectivity index (χ0n) is 15.4. The van der Waals surface area contributed by atoms with Gasteiger partial charge in [-0.05, 0) is 31.1 Å². The molecule has 1 aromatic carbocycles. The Labute approximate surface area is 161 Å². The summed E-state index contributed by atoms with van der Waals surface area (Å²) in [5.74, 6) is 0.0295. The number of hydrogen-bond donors (Lipinski definition) is 3. The van der Waals surface area contributed by atoms with Crippen molar-refractivity contribution in [3.63, 3.8) is 0 Å². The van der Waals surface area contributed by atoms with Crippen LogP contribution in [0.3, 0.4) is 0 Å². The van der Waals surface area contributed by atoms with Gasteiger partial charge in [0.1, 0.15) is 17.4 Å². The monoisotopic (exact) mass is 392 g/mol. The predicted molar refractivity (Wildman–Crippen MR) is 101 cm³/mol. The van der Waals surface area contributed by atoms with Gasteiger partial charge in [0.15, 0.2) is 11.6 Å². The molecule has 2 heterocycles. The number of hydrogen-bond acceptors (Lipinski definition) is 7. The van der Waals surface area contributed by atoms with Crippen molar-refractivity contribution in [1.29, 1.82) is 0 Å². The molecule has 0 saturated carbocycles. The second-order valence-electron chi connectivity index (χ2n) is 6.48. The Bertz CT molecular complexity index is 857. The number of rotatable bonds is 8. The smallest absolute Gasteiger partial charge is 0.224 e. The fraction of sp³-hybridized carbons (Fsp3) is 0.368. The van der Waals surface area contributed by atoms with Gasteiger partial charge in [0.2, 0.25) is 5.95 Å². The van der Waals surface area contributed by atoms with E-state index in [1.807, 2.05) is 11.9 Å². The maximum Gasteiger partial charge on any atom is 0.224 e. The van der Waals surface area contributed by atoms with Crippen molar-refractivity contribution in [2.24, 2.45) is 0 Å². The van der Waals surface area contributed by atoms with Gasteiger partial charge < -0.3 is 25.2 Å². The highest BCUT2D eigenvalue weighted by molar-refractivity contribution is 5.69. The average molecular weight is 392 g/mol. The van der Waals surface area contributed by atoms with Gasteiger partial charge >= 0.3 is 0 Å². The van der Waals surface area contributed by atoms with Gasteiger partial charge in [-0.2, -0.15) is 4.98 Å². The maximum absolute atomic E-state index is 13.8. The Morgan fingerprint density at radius 2 is 2.00 bits per heavy atom. The summed E-state index contributed by atoms with van der Waals surface area (Å²) in [5, 5.41) is 21.4. The van der Waals surface area contributed by atoms with Crippen molar-refractivity contribution in [1.82, 2.24) is 9.97 Å². The van der Waals surface area contributed by atoms with Crippen molar-refractivity contribution < 1.29 is 23.7 Å². The lowest BCUT2D eigenvalue weighted by Crippen LogP contribution is -2.29. The van der Waals surface area contributed by atoms with Crippen LogP contribution in [0.4, 0.5) is 20.5 Å². The van der Waals surface area contributed by atoms with Crippen molar-refractivity contribution >= 4 is 17.8 Å². The van der Waals surface area contributed by atoms with Crippen LogP contribution in [-0.4, -0.2) is 53.0 Å². The first-order chi connectivity index (χ1) is 13.5. The third kappa shape index (κ3) is 4.73. The highest BCUT2D eigenvalue weighted by Gasteiger charge is 2.21. The number of aromatic nitrogens is 2. The van der Waals surface area contributed by atoms with Crippen molar-refractivity contribution in [2.45, 2.75) is 18.9 Å². The third-order valence-electron chi connectivity index (χ3n) is 4.29. The zero-order chi connectivity index (χ0) is 20.1. The number of aliphatic hydroxyl groups is 2. The van der Waals surface area contributed by atoms with Crippen LogP contribution in [0.1, 0.15) is 18.4 Å². The van der Waals surface area contributed by atoms with Gasteiger partial charge in [-0.1, -0.05) is 0 Å². The minimum Gasteiger partial charge on any atom is -0.457 e. The summed E-state index contributed by atoms with van der Waals surface area (Å²) in [4.78, 5) is 10.6. The maximum atomic E-state index is 13.8. The summed E-state index contributed by atoms with van der Waals surface area (Å²) in [7, 11) is 1.81. The SMILES string of the molecule is CN1CC(Oc2ccc(F)cc2F)=Cc2cnc(NC(CCO)CCO)nc21. The number of nitrogens with zero attached hydrogens (tertiary/aromatic N) is 3. The highest BCUT2D eigenvalue weighted by atomic mass is 19.1. The van der Waals surface area contributed by atoms with Gasteiger partial charge in [0.25, 0.3) is 0 Å². The van der Waals surface area contributed by atoms with E-state index in [0.29, 0.717) is 42.5 Å². The van der Waals surface area contributed by atoms with Crippen molar-refractivity contribution in [2.75, 3.05) is 37.0 Å². The van der Waals surface area contributed by atoms with Crippen LogP contribution in [0.2, 0.25) is 0 Å². The van der Waals surface area contributed by atoms with Crippen LogP contribution in [0.5, 0.6) is 5.75 Å². The summed E-state index contributed by atoms with van der Waals surface area (Å²) < 4.78 is 32.4. The van der Waals surface area contributed by atoms with Crippen LogP contribution in [0.25, 0.3) is 6.08 Å². The first-order valence-electron chi connectivity index (χ1n) is 8.90. The van der Waals surface area contributed by atoms with E-state index < -0.39 is 11.6 Å². The molecule has 0 amide bonds. The molecule has 7 nitrogen and oxygen atoms in total. The summed E-state index contributed by atoms with van der Waals surface area (Å²) >= 11 is 0. The fourth-order valence-electron chi connectivity index (χ4n) is 2.93. The molecule has 150 valence electrons. The molecule has 3 rings (SSSR count). The molecule has 1 aliphatic heterocycles. The molecule has 0 atom stereocenters. The van der Waals surface area contributed by atoms with E-state index in [0.717, 1.165) is 12.1 Å². The number of benzene rings is 1. The molecule has 0 spiro atoms. The van der Waals surface area contributed by atoms with Crippen LogP contribution in [0, 0.1) is 11.6 Å². The molecule has 9 heteroatoms. The number of anilines is 2. The number of nitrogens with one attached hydrogen (secondary N) is 1. The second-order valence-corrected chi connectivity index (χ2v) is 6.48. The largest absolute Gasteiger partial charge is 0.457 e. The van der Waals surface area contributed by atoms with Crippen molar-refractivity contribution in [3.8, 4) is 5.75 Å². The van der Waals surface area contributed by atoms with Crippen LogP contribution < -0.4 is 15.0 Å². The van der Waals surface area contributed by atoms with Crippen LogP contribution >= 0.6 is 0 Å². The summed E-state index contributed by atoms with van der Waals surface area (Å²) in [6.07, 6.45) is 4.26. The number of ether oxygens (including phenoxy) is 1. The topological polar surface area (TPSA) is 90.7 Å². The molecule has 3 N–H and O–H groups in total. The molecule has 0 radical (unpaired) electrons. The van der Waals surface area contributed by atoms with Gasteiger partial charge in [-0.3, -0.25) is 0 Å². The standard InChI is InChI=1S/C19H22F2N4O3/c1-25-11-15(28-17-3-2-13(20)9-16(17)21)8-12-10-22-19(24-18(12)25)23-14(4-6-26)5-7-27/h2-3,8-10,14,26-27H,4-7,11H2,1H3,(H,22,23,24). The molecule has 1 aromatic heterocycles. The fourth-order valence-corrected chi connectivity index (χ4v) is 2.93. The molecule has 0 bridgehead atoms. The molecular formula is C19H22F2N4O3. The number of likely N-dealkylation sites (N-methyl/N-ethyl adjacent to an activating group) is 1. The van der Waals surface area contributed by atoms with E-state index in [1.165, 1.54) is 6.07 Å². The lowest BCUT2D eigenvalue weighted by atomic mass is 10.1. The second kappa shape index (κ2) is 8.94. The predicted octanol–water partition coefficient (Wildman–Crippen LogP) is 2.17. The first-order valence-corrected chi connectivity index (χ1v) is 8.90. The Hall–Kier alpha value is -2.78. The van der Waals surface area contributed by atoms with E-state index in [9.17, 15) is 8.78 Å². The Morgan fingerprint density at radius 3 is 2.68 bits per heavy atom. The lowest BCUT2D eigenvalue weighted by Gasteiger charge is -2.27. The van der Waals surface area contributed by atoms with E-state index in [-0.39, 0.29) is 25.0 Å². The van der Waals surface area contributed by atoms with E-state index in [1.54, 1.807) is 12.3 Å². The minimum atomic E-state index is -0.774. The number of halogens is 2. The number of aliphatic hydroxyl groups excluding tert-OH is 2. The zero-order valence-corrected chi connectivity index (χ0v) is 15.4. The highest BCUT2D eigenvalue weighted by Crippen LogP contribution is 2.29. The molecule has 28 heavy (non-hydrogen) atoms. The Kier molecular flexibility index (Phi) is 6.37. The van der Waals surface area contributed by atoms with Gasteiger partial charge in [-0.25, -0.2) is 13.8 Å². The molecule has 1 aliphatic rings. The number of fused-ring (bicyclic) bond motifs is 1. The Morgan fingerprint density at radius 1 is 1.25 bits per heavy atom. The van der Waals surface area contributed by atoms with Crippen molar-refractivity contribution in [3.05, 3.63) is 47.4 Å². The van der Waals surface area contributed by atoms with Gasteiger partial charge in [-0.15, -0.1) is 0 Å². The summed E-state index contributed by atoms with van der Waals surface area (Å²) in [6.45, 7) is 0.328. The van der Waals surface area contributed by atoms with E-state index in [4.69, 9.17) is 14.9 Å². The van der Waals surface area contributed by atoms with Gasteiger partial charge in [0, 0.05) is 44.1 Å². The molecule has 0 fully saturated rings. The minimum absolute atomic E-state index is 0.00804. The summed E-state index contributed by atoms with van der Waals surface area (Å²) in [6, 6.07) is 3.01. The van der Waals surface area contributed by atoms with Crippen LogP contribution in [-0.2, 0) is 0 Å². The normalized spacial score (nSPS) is 13.4. The average Bonchev–Trinajstić information content (AvgIpc) is 2.65. The third-order valence-corrected chi connectivity index (χ3v) is 4.29. The molecule has 2 aromatic rings. The van der Waals surface area contributed by atoms with E-state index >= 15 is 0 Å². The molecule has 0 unspecified atom stereocenters. The molecule has 0 aliphatic carbocycles. The van der Waals surface area contributed by atoms with E-state index in [2.05, 4.69) is 15.3 Å². The van der Waals surface area contributed by atoms with Gasteiger partial charge in [0.05, 0.1) is 6.54 Å². The molecular weight excluding hydrogens is 370 g/mol. The Balaban J connectivity index is 1.78. The first kappa shape index (κ1) is 20.0. The molecule has 0 saturated heterocycles. The quantitative estimate of drug-likeness (QED) is 0.634. The van der Waals surface area contributed by atoms with Crippen LogP contribution in [0.15, 0.2) is 30.2 Å². The summed E-state index contributed by atoms with van der Waals surface area (Å²) in [5.41, 5.74) is 0.692. The lowest BCUT2D eigenvalue weighted by molar-refractivity contribution is 0.247.